The lowest BCUT2D eigenvalue weighted by atomic mass is 10.1. The van der Waals surface area contributed by atoms with Crippen molar-refractivity contribution in [2.24, 2.45) is 0 Å². The fraction of sp³-hybridized carbons (Fsp3) is 0.286. The van der Waals surface area contributed by atoms with E-state index in [1.807, 2.05) is 12.1 Å². The molecule has 18 heavy (non-hydrogen) atoms. The number of rotatable bonds is 5. The highest BCUT2D eigenvalue weighted by molar-refractivity contribution is 9.09. The molecule has 2 aromatic rings. The number of fused-ring (bicyclic) bond motifs is 1. The number of ether oxygens (including phenoxy) is 1. The third-order valence-electron chi connectivity index (χ3n) is 2.55. The Balaban J connectivity index is 2.31. The largest absolute Gasteiger partial charge is 0.496 e. The third-order valence-corrected chi connectivity index (χ3v) is 6.06. The van der Waals surface area contributed by atoms with Gasteiger partial charge in [0.1, 0.15) is 5.75 Å². The van der Waals surface area contributed by atoms with Crippen molar-refractivity contribution in [3.63, 3.8) is 0 Å². The lowest BCUT2D eigenvalue weighted by Gasteiger charge is -2.10. The van der Waals surface area contributed by atoms with Crippen LogP contribution in [0.1, 0.15) is 15.2 Å². The summed E-state index contributed by atoms with van der Waals surface area (Å²) in [7, 11) is 5.96. The first-order chi connectivity index (χ1) is 9.40. The third kappa shape index (κ3) is 3.11. The highest BCUT2D eigenvalue weighted by Gasteiger charge is 2.07. The Bertz CT molecular complexity index is 611. The van der Waals surface area contributed by atoms with Crippen molar-refractivity contribution >= 4 is 42.2 Å². The van der Waals surface area contributed by atoms with E-state index in [0.717, 1.165) is 21.4 Å². The number of aryl methyl sites for hydroxylation is 1. The topological polar surface area (TPSA) is 9.23 Å². The summed E-state index contributed by atoms with van der Waals surface area (Å²) in [6, 6.07) is 10.3. The molecular weight excluding hydrogens is 281 g/mol. The van der Waals surface area contributed by atoms with Gasteiger partial charge >= 0.3 is 0 Å². The summed E-state index contributed by atoms with van der Waals surface area (Å²) in [5.74, 6) is 0.868. The molecule has 0 fully saturated rings. The van der Waals surface area contributed by atoms with Crippen LogP contribution >= 0.6 is 31.4 Å². The summed E-state index contributed by atoms with van der Waals surface area (Å²) >= 11 is 0. The predicted molar refractivity (Wildman–Crippen MR) is 86.8 cm³/mol. The van der Waals surface area contributed by atoms with Gasteiger partial charge in [-0.05, 0) is 39.7 Å². The van der Waals surface area contributed by atoms with Gasteiger partial charge in [0.05, 0.1) is 7.11 Å². The molecule has 96 valence electrons. The Morgan fingerprint density at radius 2 is 2.17 bits per heavy atom. The molecule has 0 aliphatic rings. The molecular formula is C14H16OS3. The van der Waals surface area contributed by atoms with Gasteiger partial charge in [-0.15, -0.1) is 0 Å². The Labute approximate surface area is 123 Å². The summed E-state index contributed by atoms with van der Waals surface area (Å²) in [5.41, 5.74) is -0.0216. The molecule has 0 saturated heterocycles. The predicted octanol–water partition coefficient (Wildman–Crippen LogP) is 5.57. The molecule has 0 radical (unpaired) electrons. The van der Waals surface area contributed by atoms with Gasteiger partial charge in [-0.25, -0.2) is 0 Å². The Kier molecular flexibility index (Phi) is 4.20. The number of methoxy groups -OCH3 is 1. The van der Waals surface area contributed by atoms with Crippen molar-refractivity contribution in [1.82, 2.24) is 0 Å². The van der Waals surface area contributed by atoms with Crippen LogP contribution in [0.4, 0.5) is 0 Å². The maximum absolute atomic E-state index is 7.53. The smallest absolute Gasteiger partial charge is 0.126 e. The summed E-state index contributed by atoms with van der Waals surface area (Å²) < 4.78 is 20.5. The molecule has 0 spiro atoms. The quantitative estimate of drug-likeness (QED) is 0.527. The Hall–Kier alpha value is -0.450. The molecule has 1 atom stereocenters. The van der Waals surface area contributed by atoms with Crippen LogP contribution in [0, 0.1) is 6.92 Å². The molecule has 0 N–H and O–H groups in total. The van der Waals surface area contributed by atoms with E-state index in [0.29, 0.717) is 0 Å². The van der Waals surface area contributed by atoms with Crippen molar-refractivity contribution in [3.8, 4) is 5.75 Å². The van der Waals surface area contributed by atoms with Gasteiger partial charge in [-0.1, -0.05) is 41.5 Å². The molecule has 0 saturated carbocycles. The van der Waals surface area contributed by atoms with Crippen LogP contribution in [0.15, 0.2) is 35.2 Å². The molecule has 0 heterocycles. The summed E-state index contributed by atoms with van der Waals surface area (Å²) in [6.07, 6.45) is 0. The molecule has 1 unspecified atom stereocenters. The molecule has 4 heteroatoms. The first-order valence-corrected chi connectivity index (χ1v) is 8.99. The second kappa shape index (κ2) is 6.64. The molecule has 0 aliphatic heterocycles. The first-order valence-electron chi connectivity index (χ1n) is 6.50. The van der Waals surface area contributed by atoms with E-state index in [-0.39, 0.29) is 0 Å². The van der Waals surface area contributed by atoms with Crippen LogP contribution in [-0.2, 0) is 0 Å². The Morgan fingerprint density at radius 3 is 2.89 bits per heavy atom. The monoisotopic (exact) mass is 298 g/mol. The molecule has 0 aromatic heterocycles. The van der Waals surface area contributed by atoms with E-state index in [1.54, 1.807) is 24.8 Å². The molecule has 0 bridgehead atoms. The van der Waals surface area contributed by atoms with Gasteiger partial charge in [0.2, 0.25) is 0 Å². The van der Waals surface area contributed by atoms with Crippen LogP contribution in [0.5, 0.6) is 5.75 Å². The molecule has 1 nitrogen and oxygen atoms in total. The molecule has 0 aliphatic carbocycles. The standard InChI is InChI=1S/C14H16OS3/c1-4-16-18-17-14-8-7-13(15-3)11-6-5-10(2)9-12(11)14/h5-9H,4H2,1-3H3/i4+1DH. The maximum atomic E-state index is 7.53. The minimum atomic E-state index is -1.23. The molecule has 0 amide bonds. The number of hydrogen-bond acceptors (Lipinski definition) is 4. The van der Waals surface area contributed by atoms with E-state index < -0.39 is 5.70 Å². The van der Waals surface area contributed by atoms with Crippen molar-refractivity contribution in [2.75, 3.05) is 12.8 Å². The average Bonchev–Trinajstić information content (AvgIpc) is 2.37. The minimum Gasteiger partial charge on any atom is -0.496 e. The average molecular weight is 298 g/mol. The van der Waals surface area contributed by atoms with Crippen LogP contribution < -0.4 is 4.74 Å². The van der Waals surface area contributed by atoms with Crippen LogP contribution in [0.25, 0.3) is 10.8 Å². The van der Waals surface area contributed by atoms with E-state index in [2.05, 4.69) is 25.1 Å². The highest BCUT2D eigenvalue weighted by Crippen LogP contribution is 2.44. The van der Waals surface area contributed by atoms with Gasteiger partial charge in [-0.2, -0.15) is 0 Å². The van der Waals surface area contributed by atoms with E-state index in [4.69, 9.17) is 7.48 Å². The van der Waals surface area contributed by atoms with Gasteiger partial charge < -0.3 is 4.74 Å². The SMILES string of the molecule is [1H][13C]([2H])(C)SSSc1ccc(OC)c2ccc(C)cc12. The summed E-state index contributed by atoms with van der Waals surface area (Å²) in [6.45, 7) is 3.64. The molecule has 2 aromatic carbocycles. The fourth-order valence-corrected chi connectivity index (χ4v) is 4.84. The van der Waals surface area contributed by atoms with Gasteiger partial charge in [0, 0.05) is 24.1 Å². The second-order valence-electron chi connectivity index (χ2n) is 3.75. The number of hydrogen-bond donors (Lipinski definition) is 0. The fourth-order valence-electron chi connectivity index (χ4n) is 1.75. The first kappa shape index (κ1) is 11.4. The zero-order valence-corrected chi connectivity index (χ0v) is 13.0. The summed E-state index contributed by atoms with van der Waals surface area (Å²) in [5, 5.41) is 2.24. The maximum Gasteiger partial charge on any atom is 0.126 e. The van der Waals surface area contributed by atoms with Crippen molar-refractivity contribution < 1.29 is 7.48 Å². The van der Waals surface area contributed by atoms with Gasteiger partial charge in [0.25, 0.3) is 0 Å². The van der Waals surface area contributed by atoms with E-state index >= 15 is 0 Å². The van der Waals surface area contributed by atoms with Crippen LogP contribution in [0.2, 0.25) is 0 Å². The Morgan fingerprint density at radius 1 is 1.33 bits per heavy atom. The molecule has 2 rings (SSSR count). The van der Waals surface area contributed by atoms with E-state index in [1.165, 1.54) is 26.2 Å². The lowest BCUT2D eigenvalue weighted by molar-refractivity contribution is 0.419. The number of benzene rings is 2. The van der Waals surface area contributed by atoms with Gasteiger partial charge in [-0.3, -0.25) is 0 Å². The van der Waals surface area contributed by atoms with Crippen molar-refractivity contribution in [3.05, 3.63) is 35.9 Å². The zero-order valence-electron chi connectivity index (χ0n) is 12.5. The second-order valence-corrected chi connectivity index (χ2v) is 7.70. The zero-order chi connectivity index (χ0) is 14.8. The lowest BCUT2D eigenvalue weighted by Crippen LogP contribution is -1.86. The van der Waals surface area contributed by atoms with Crippen LogP contribution in [-0.4, -0.2) is 12.8 Å². The highest BCUT2D eigenvalue weighted by atomic mass is 33.5. The van der Waals surface area contributed by atoms with Crippen molar-refractivity contribution in [1.29, 1.82) is 0 Å². The van der Waals surface area contributed by atoms with Crippen molar-refractivity contribution in [2.45, 2.75) is 18.7 Å². The normalized spacial score (nSPS) is 15.9. The summed E-state index contributed by atoms with van der Waals surface area (Å²) in [4.78, 5) is 1.13. The van der Waals surface area contributed by atoms with Gasteiger partial charge in [0.15, 0.2) is 0 Å². The van der Waals surface area contributed by atoms with E-state index in [9.17, 15) is 0 Å². The minimum absolute atomic E-state index is 0.868. The van der Waals surface area contributed by atoms with Crippen LogP contribution in [0.3, 0.4) is 0 Å².